The number of benzene rings is 2. The molecule has 1 atom stereocenters. The number of aromatic nitrogens is 1. The molecule has 1 saturated heterocycles. The summed E-state index contributed by atoms with van der Waals surface area (Å²) in [6.07, 6.45) is 13.6. The molecule has 3 aromatic rings. The number of nitrogens with two attached hydrogens (primary N) is 1. The number of halogens is 3. The third kappa shape index (κ3) is 9.87. The Bertz CT molecular complexity index is 1520. The Hall–Kier alpha value is -4.25. The van der Waals surface area contributed by atoms with E-state index in [1.54, 1.807) is 24.4 Å². The van der Waals surface area contributed by atoms with Crippen LogP contribution in [-0.4, -0.2) is 86.8 Å². The summed E-state index contributed by atoms with van der Waals surface area (Å²) in [6, 6.07) is 6.38. The molecule has 2 heterocycles. The van der Waals surface area contributed by atoms with Crippen LogP contribution in [0.5, 0.6) is 0 Å². The number of anilines is 1. The number of ether oxygens (including phenoxy) is 2. The molecule has 2 N–H and O–H groups in total. The lowest BCUT2D eigenvalue weighted by Gasteiger charge is -2.31. The van der Waals surface area contributed by atoms with Crippen LogP contribution in [-0.2, 0) is 9.47 Å². The van der Waals surface area contributed by atoms with Gasteiger partial charge in [0, 0.05) is 51.4 Å². The summed E-state index contributed by atoms with van der Waals surface area (Å²) in [5.74, 6) is -2.99. The van der Waals surface area contributed by atoms with Gasteiger partial charge in [0.15, 0.2) is 5.96 Å². The Morgan fingerprint density at radius 1 is 1.13 bits per heavy atom. The highest BCUT2D eigenvalue weighted by molar-refractivity contribution is 7.19. The Morgan fingerprint density at radius 2 is 1.76 bits per heavy atom. The summed E-state index contributed by atoms with van der Waals surface area (Å²) >= 11 is 8.04. The quantitative estimate of drug-likeness (QED) is 0.191. The third-order valence-electron chi connectivity index (χ3n) is 6.62. The van der Waals surface area contributed by atoms with E-state index in [9.17, 15) is 18.4 Å². The summed E-state index contributed by atoms with van der Waals surface area (Å²) in [5.41, 5.74) is 6.91. The first-order valence-corrected chi connectivity index (χ1v) is 15.6. The van der Waals surface area contributed by atoms with Crippen molar-refractivity contribution in [2.24, 2.45) is 10.7 Å². The monoisotopic (exact) mass is 674 g/mol. The number of hydrogen-bond donors (Lipinski definition) is 1. The number of carbonyl (C=O) groups is 2. The Balaban J connectivity index is 0.00000107. The highest BCUT2D eigenvalue weighted by Crippen LogP contribution is 2.38. The normalized spacial score (nSPS) is 14.5. The van der Waals surface area contributed by atoms with Crippen LogP contribution in [0.4, 0.5) is 18.6 Å². The van der Waals surface area contributed by atoms with E-state index in [1.165, 1.54) is 56.6 Å². The summed E-state index contributed by atoms with van der Waals surface area (Å²) in [6.45, 7) is 2.37. The van der Waals surface area contributed by atoms with E-state index < -0.39 is 29.7 Å². The fourth-order valence-corrected chi connectivity index (χ4v) is 5.43. The number of morpholine rings is 1. The van der Waals surface area contributed by atoms with Crippen molar-refractivity contribution in [3.63, 3.8) is 0 Å². The molecule has 46 heavy (non-hydrogen) atoms. The molecule has 0 bridgehead atoms. The zero-order chi connectivity index (χ0) is 33.8. The molecule has 5 rings (SSSR count). The SMILES string of the molecule is C#C.C1CC1.CN=C(N)N(C(=O)c1cc(F)cc(F)c1)[C@H](COC(=O)N(C)C)c1ccc(Cl)c(-c2ncc(N3CCOCC3)s2)c1. The average Bonchev–Trinajstić information content (AvgIpc) is 3.87. The van der Waals surface area contributed by atoms with Gasteiger partial charge in [0.05, 0.1) is 30.5 Å². The number of amides is 2. The highest BCUT2D eigenvalue weighted by Gasteiger charge is 2.32. The van der Waals surface area contributed by atoms with Crippen LogP contribution in [0.2, 0.25) is 5.02 Å². The van der Waals surface area contributed by atoms with Crippen LogP contribution in [0.1, 0.15) is 41.2 Å². The predicted molar refractivity (Wildman–Crippen MR) is 177 cm³/mol. The van der Waals surface area contributed by atoms with Gasteiger partial charge < -0.3 is 25.0 Å². The van der Waals surface area contributed by atoms with Crippen LogP contribution in [0, 0.1) is 24.5 Å². The lowest BCUT2D eigenvalue weighted by atomic mass is 10.0. The number of thiazole rings is 1. The minimum Gasteiger partial charge on any atom is -0.447 e. The van der Waals surface area contributed by atoms with Crippen molar-refractivity contribution in [2.75, 3.05) is 59.0 Å². The van der Waals surface area contributed by atoms with E-state index >= 15 is 0 Å². The molecule has 0 unspecified atom stereocenters. The summed E-state index contributed by atoms with van der Waals surface area (Å²) in [5, 5.41) is 1.99. The van der Waals surface area contributed by atoms with Gasteiger partial charge in [-0.15, -0.1) is 12.8 Å². The standard InChI is InChI=1S/C27H29ClF2N6O4S.C3H6.C2H2/c1-32-26(31)36(25(37)17-10-18(29)13-19(30)11-17)22(15-40-27(38)34(2)3)16-4-5-21(28)20(12-16)24-33-14-23(41-24)35-6-8-39-9-7-35;1-2-3-1;1-2/h4-5,10-14,22H,6-9,15H2,1-3H3,(H2,31,32);1-3H2;1-2H/t22-;;/m1../s1. The third-order valence-corrected chi connectivity index (χ3v) is 8.04. The minimum atomic E-state index is -1.05. The van der Waals surface area contributed by atoms with E-state index in [0.717, 1.165) is 35.1 Å². The molecule has 2 fully saturated rings. The van der Waals surface area contributed by atoms with Gasteiger partial charge in [0.25, 0.3) is 5.91 Å². The number of guanidine groups is 1. The molecule has 1 aliphatic heterocycles. The van der Waals surface area contributed by atoms with Gasteiger partial charge in [-0.2, -0.15) is 0 Å². The first-order valence-electron chi connectivity index (χ1n) is 14.4. The number of aliphatic imine (C=N–C) groups is 1. The van der Waals surface area contributed by atoms with Crippen LogP contribution >= 0.6 is 22.9 Å². The largest absolute Gasteiger partial charge is 0.447 e. The maximum absolute atomic E-state index is 14.0. The first-order chi connectivity index (χ1) is 22.1. The van der Waals surface area contributed by atoms with Crippen molar-refractivity contribution in [3.8, 4) is 23.4 Å². The summed E-state index contributed by atoms with van der Waals surface area (Å²) in [7, 11) is 4.37. The lowest BCUT2D eigenvalue weighted by Crippen LogP contribution is -2.46. The van der Waals surface area contributed by atoms with Crippen LogP contribution in [0.15, 0.2) is 47.6 Å². The van der Waals surface area contributed by atoms with E-state index in [1.807, 2.05) is 0 Å². The Morgan fingerprint density at radius 3 is 2.33 bits per heavy atom. The molecular weight excluding hydrogens is 638 g/mol. The van der Waals surface area contributed by atoms with Crippen molar-refractivity contribution < 1.29 is 27.8 Å². The topological polar surface area (TPSA) is 114 Å². The molecule has 2 amide bonds. The molecular formula is C32H37ClF2N6O4S. The summed E-state index contributed by atoms with van der Waals surface area (Å²) in [4.78, 5) is 39.0. The van der Waals surface area contributed by atoms with Gasteiger partial charge in [-0.1, -0.05) is 48.3 Å². The van der Waals surface area contributed by atoms with Gasteiger partial charge in [-0.3, -0.25) is 14.7 Å². The lowest BCUT2D eigenvalue weighted by molar-refractivity contribution is 0.0659. The fourth-order valence-electron chi connectivity index (χ4n) is 4.16. The highest BCUT2D eigenvalue weighted by atomic mass is 35.5. The van der Waals surface area contributed by atoms with E-state index in [4.69, 9.17) is 26.8 Å². The van der Waals surface area contributed by atoms with Gasteiger partial charge in [0.2, 0.25) is 0 Å². The predicted octanol–water partition coefficient (Wildman–Crippen LogP) is 5.82. The van der Waals surface area contributed by atoms with E-state index in [2.05, 4.69) is 27.7 Å². The fraction of sp³-hybridized carbons (Fsp3) is 0.375. The van der Waals surface area contributed by atoms with Crippen LogP contribution in [0.3, 0.4) is 0 Å². The second-order valence-electron chi connectivity index (χ2n) is 10.3. The second-order valence-corrected chi connectivity index (χ2v) is 11.7. The summed E-state index contributed by atoms with van der Waals surface area (Å²) < 4.78 is 39.0. The van der Waals surface area contributed by atoms with E-state index in [0.29, 0.717) is 40.4 Å². The van der Waals surface area contributed by atoms with Crippen molar-refractivity contribution in [1.82, 2.24) is 14.8 Å². The molecule has 2 aromatic carbocycles. The number of rotatable bonds is 7. The first kappa shape index (κ1) is 36.2. The molecule has 246 valence electrons. The minimum absolute atomic E-state index is 0.258. The molecule has 0 radical (unpaired) electrons. The van der Waals surface area contributed by atoms with Crippen molar-refractivity contribution in [2.45, 2.75) is 25.3 Å². The maximum Gasteiger partial charge on any atom is 0.409 e. The molecule has 14 heteroatoms. The second kappa shape index (κ2) is 17.4. The number of carbonyl (C=O) groups excluding carboxylic acids is 2. The molecule has 10 nitrogen and oxygen atoms in total. The zero-order valence-electron chi connectivity index (χ0n) is 25.9. The van der Waals surface area contributed by atoms with Gasteiger partial charge in [-0.05, 0) is 29.8 Å². The van der Waals surface area contributed by atoms with Crippen LogP contribution in [0.25, 0.3) is 10.6 Å². The average molecular weight is 675 g/mol. The number of hydrogen-bond acceptors (Lipinski definition) is 8. The van der Waals surface area contributed by atoms with E-state index in [-0.39, 0.29) is 18.1 Å². The maximum atomic E-state index is 14.0. The van der Waals surface area contributed by atoms with Crippen molar-refractivity contribution in [3.05, 3.63) is 70.4 Å². The van der Waals surface area contributed by atoms with Gasteiger partial charge in [-0.25, -0.2) is 18.6 Å². The van der Waals surface area contributed by atoms with Crippen molar-refractivity contribution in [1.29, 1.82) is 0 Å². The van der Waals surface area contributed by atoms with Crippen molar-refractivity contribution >= 4 is 45.9 Å². The number of terminal acetylenes is 1. The Kier molecular flexibility index (Phi) is 13.7. The zero-order valence-corrected chi connectivity index (χ0v) is 27.5. The molecule has 1 saturated carbocycles. The molecule has 1 aromatic heterocycles. The smallest absolute Gasteiger partial charge is 0.409 e. The molecule has 2 aliphatic rings. The van der Waals surface area contributed by atoms with Crippen LogP contribution < -0.4 is 10.6 Å². The molecule has 0 spiro atoms. The number of nitrogens with zero attached hydrogens (tertiary/aromatic N) is 5. The molecule has 1 aliphatic carbocycles. The Labute approximate surface area is 276 Å². The van der Waals surface area contributed by atoms with Gasteiger partial charge >= 0.3 is 6.09 Å². The van der Waals surface area contributed by atoms with Gasteiger partial charge in [0.1, 0.15) is 28.3 Å².